The van der Waals surface area contributed by atoms with Crippen LogP contribution in [0.4, 0.5) is 22.0 Å². The van der Waals surface area contributed by atoms with Crippen molar-refractivity contribution in [2.45, 2.75) is 12.7 Å². The van der Waals surface area contributed by atoms with Crippen molar-refractivity contribution in [1.82, 2.24) is 4.90 Å². The van der Waals surface area contributed by atoms with Crippen LogP contribution in [0.3, 0.4) is 0 Å². The molecule has 0 saturated heterocycles. The van der Waals surface area contributed by atoms with Crippen molar-refractivity contribution in [3.63, 3.8) is 0 Å². The Morgan fingerprint density at radius 1 is 1.12 bits per heavy atom. The van der Waals surface area contributed by atoms with E-state index in [1.54, 1.807) is 0 Å². The molecule has 0 aliphatic rings. The van der Waals surface area contributed by atoms with E-state index in [9.17, 15) is 26.7 Å². The molecular formula is C17H14F5NO2. The van der Waals surface area contributed by atoms with Crippen molar-refractivity contribution < 1.29 is 31.5 Å². The first-order valence-corrected chi connectivity index (χ1v) is 7.15. The molecule has 3 nitrogen and oxygen atoms in total. The summed E-state index contributed by atoms with van der Waals surface area (Å²) < 4.78 is 70.0. The van der Waals surface area contributed by atoms with E-state index in [1.165, 1.54) is 25.2 Å². The lowest BCUT2D eigenvalue weighted by molar-refractivity contribution is -0.140. The largest absolute Gasteiger partial charge is 0.481 e. The quantitative estimate of drug-likeness (QED) is 0.755. The van der Waals surface area contributed by atoms with Crippen LogP contribution in [0.15, 0.2) is 42.5 Å². The Hall–Kier alpha value is -2.64. The molecule has 0 aliphatic heterocycles. The highest BCUT2D eigenvalue weighted by molar-refractivity contribution is 5.77. The zero-order valence-corrected chi connectivity index (χ0v) is 13.1. The minimum atomic E-state index is -4.53. The van der Waals surface area contributed by atoms with Gasteiger partial charge in [-0.1, -0.05) is 18.2 Å². The van der Waals surface area contributed by atoms with Gasteiger partial charge in [0.15, 0.2) is 18.2 Å². The van der Waals surface area contributed by atoms with Crippen LogP contribution in [-0.2, 0) is 17.5 Å². The summed E-state index contributed by atoms with van der Waals surface area (Å²) in [6.07, 6.45) is -4.53. The van der Waals surface area contributed by atoms with Crippen LogP contribution in [0.1, 0.15) is 11.1 Å². The Morgan fingerprint density at radius 2 is 1.80 bits per heavy atom. The summed E-state index contributed by atoms with van der Waals surface area (Å²) in [5, 5.41) is 0. The third kappa shape index (κ3) is 4.91. The average Bonchev–Trinajstić information content (AvgIpc) is 2.53. The van der Waals surface area contributed by atoms with Crippen molar-refractivity contribution in [2.75, 3.05) is 13.7 Å². The van der Waals surface area contributed by atoms with Gasteiger partial charge in [0.1, 0.15) is 5.82 Å². The summed E-state index contributed by atoms with van der Waals surface area (Å²) in [7, 11) is 1.31. The standard InChI is InChI=1S/C17H14F5NO2/c1-23(9-11-4-2-3-5-13(11)17(20,21)22)16(24)10-25-15-7-6-12(18)8-14(15)19/h2-8H,9-10H2,1H3. The van der Waals surface area contributed by atoms with Crippen LogP contribution >= 0.6 is 0 Å². The second kappa shape index (κ2) is 7.50. The summed E-state index contributed by atoms with van der Waals surface area (Å²) in [4.78, 5) is 13.0. The van der Waals surface area contributed by atoms with Gasteiger partial charge in [0, 0.05) is 19.7 Å². The lowest BCUT2D eigenvalue weighted by Gasteiger charge is -2.20. The molecule has 0 radical (unpaired) electrons. The first kappa shape index (κ1) is 18.7. The Morgan fingerprint density at radius 3 is 2.44 bits per heavy atom. The third-order valence-electron chi connectivity index (χ3n) is 3.40. The van der Waals surface area contributed by atoms with E-state index in [1.807, 2.05) is 0 Å². The fourth-order valence-electron chi connectivity index (χ4n) is 2.12. The molecule has 2 rings (SSSR count). The molecule has 2 aromatic rings. The summed E-state index contributed by atoms with van der Waals surface area (Å²) >= 11 is 0. The second-order valence-electron chi connectivity index (χ2n) is 5.27. The lowest BCUT2D eigenvalue weighted by atomic mass is 10.1. The number of hydrogen-bond donors (Lipinski definition) is 0. The van der Waals surface area contributed by atoms with E-state index >= 15 is 0 Å². The molecule has 8 heteroatoms. The number of nitrogens with zero attached hydrogens (tertiary/aromatic N) is 1. The zero-order valence-electron chi connectivity index (χ0n) is 13.1. The minimum absolute atomic E-state index is 0.0705. The van der Waals surface area contributed by atoms with Gasteiger partial charge in [0.05, 0.1) is 5.56 Å². The molecule has 0 N–H and O–H groups in total. The molecule has 0 unspecified atom stereocenters. The molecule has 0 heterocycles. The van der Waals surface area contributed by atoms with Crippen molar-refractivity contribution >= 4 is 5.91 Å². The first-order chi connectivity index (χ1) is 11.7. The van der Waals surface area contributed by atoms with E-state index < -0.39 is 35.9 Å². The zero-order chi connectivity index (χ0) is 18.6. The van der Waals surface area contributed by atoms with E-state index in [4.69, 9.17) is 4.74 Å². The number of likely N-dealkylation sites (N-methyl/N-ethyl adjacent to an activating group) is 1. The van der Waals surface area contributed by atoms with E-state index in [-0.39, 0.29) is 17.9 Å². The molecule has 0 atom stereocenters. The van der Waals surface area contributed by atoms with Gasteiger partial charge >= 0.3 is 6.18 Å². The number of rotatable bonds is 5. The molecule has 25 heavy (non-hydrogen) atoms. The fraction of sp³-hybridized carbons (Fsp3) is 0.235. The molecule has 0 aliphatic carbocycles. The van der Waals surface area contributed by atoms with Gasteiger partial charge in [-0.3, -0.25) is 4.79 Å². The number of hydrogen-bond acceptors (Lipinski definition) is 2. The van der Waals surface area contributed by atoms with Crippen molar-refractivity contribution in [3.05, 3.63) is 65.2 Å². The Balaban J connectivity index is 2.01. The smallest absolute Gasteiger partial charge is 0.416 e. The van der Waals surface area contributed by atoms with Crippen LogP contribution in [0.5, 0.6) is 5.75 Å². The van der Waals surface area contributed by atoms with Crippen molar-refractivity contribution in [2.24, 2.45) is 0 Å². The highest BCUT2D eigenvalue weighted by atomic mass is 19.4. The highest BCUT2D eigenvalue weighted by Crippen LogP contribution is 2.32. The van der Waals surface area contributed by atoms with Gasteiger partial charge in [-0.25, -0.2) is 8.78 Å². The topological polar surface area (TPSA) is 29.5 Å². The van der Waals surface area contributed by atoms with Crippen LogP contribution in [0.25, 0.3) is 0 Å². The number of alkyl halides is 3. The Labute approximate surface area is 140 Å². The maximum Gasteiger partial charge on any atom is 0.416 e. The Bertz CT molecular complexity index is 761. The first-order valence-electron chi connectivity index (χ1n) is 7.15. The molecular weight excluding hydrogens is 345 g/mol. The number of carbonyl (C=O) groups excluding carboxylic acids is 1. The van der Waals surface area contributed by atoms with Gasteiger partial charge in [-0.15, -0.1) is 0 Å². The molecule has 0 saturated carbocycles. The Kier molecular flexibility index (Phi) is 5.61. The average molecular weight is 359 g/mol. The maximum atomic E-state index is 13.4. The number of ether oxygens (including phenoxy) is 1. The summed E-state index contributed by atoms with van der Waals surface area (Å²) in [5.41, 5.74) is -0.904. The SMILES string of the molecule is CN(Cc1ccccc1C(F)(F)F)C(=O)COc1ccc(F)cc1F. The molecule has 0 aromatic heterocycles. The molecule has 0 spiro atoms. The van der Waals surface area contributed by atoms with Crippen molar-refractivity contribution in [1.29, 1.82) is 0 Å². The summed E-state index contributed by atoms with van der Waals surface area (Å²) in [5.74, 6) is -2.74. The second-order valence-corrected chi connectivity index (χ2v) is 5.27. The van der Waals surface area contributed by atoms with Crippen LogP contribution in [0, 0.1) is 11.6 Å². The van der Waals surface area contributed by atoms with Gasteiger partial charge in [-0.05, 0) is 23.8 Å². The lowest BCUT2D eigenvalue weighted by Crippen LogP contribution is -2.31. The molecule has 2 aromatic carbocycles. The maximum absolute atomic E-state index is 13.4. The number of halogens is 5. The van der Waals surface area contributed by atoms with Gasteiger partial charge in [-0.2, -0.15) is 13.2 Å². The number of carbonyl (C=O) groups is 1. The monoisotopic (exact) mass is 359 g/mol. The normalized spacial score (nSPS) is 11.3. The molecule has 0 fully saturated rings. The van der Waals surface area contributed by atoms with Gasteiger partial charge in [0.25, 0.3) is 5.91 Å². The van der Waals surface area contributed by atoms with E-state index in [2.05, 4.69) is 0 Å². The minimum Gasteiger partial charge on any atom is -0.481 e. The van der Waals surface area contributed by atoms with Crippen LogP contribution in [-0.4, -0.2) is 24.5 Å². The van der Waals surface area contributed by atoms with Gasteiger partial charge in [0.2, 0.25) is 0 Å². The molecule has 134 valence electrons. The predicted molar refractivity (Wildman–Crippen MR) is 79.8 cm³/mol. The predicted octanol–water partition coefficient (Wildman–Crippen LogP) is 4.02. The van der Waals surface area contributed by atoms with Crippen LogP contribution in [0.2, 0.25) is 0 Å². The number of amides is 1. The molecule has 0 bridgehead atoms. The fourth-order valence-corrected chi connectivity index (χ4v) is 2.12. The van der Waals surface area contributed by atoms with E-state index in [0.29, 0.717) is 6.07 Å². The molecule has 1 amide bonds. The van der Waals surface area contributed by atoms with Crippen molar-refractivity contribution in [3.8, 4) is 5.75 Å². The van der Waals surface area contributed by atoms with Crippen LogP contribution < -0.4 is 4.74 Å². The number of benzene rings is 2. The van der Waals surface area contributed by atoms with Gasteiger partial charge < -0.3 is 9.64 Å². The van der Waals surface area contributed by atoms with E-state index in [0.717, 1.165) is 23.1 Å². The third-order valence-corrected chi connectivity index (χ3v) is 3.40. The summed E-state index contributed by atoms with van der Waals surface area (Å²) in [6, 6.07) is 7.49. The highest BCUT2D eigenvalue weighted by Gasteiger charge is 2.33. The summed E-state index contributed by atoms with van der Waals surface area (Å²) in [6.45, 7) is -0.878.